The fourth-order valence-electron chi connectivity index (χ4n) is 2.86. The van der Waals surface area contributed by atoms with E-state index in [0.717, 1.165) is 69.0 Å². The zero-order valence-corrected chi connectivity index (χ0v) is 15.1. The van der Waals surface area contributed by atoms with Crippen LogP contribution in [0.3, 0.4) is 0 Å². The molecule has 134 valence electrons. The van der Waals surface area contributed by atoms with Gasteiger partial charge in [-0.1, -0.05) is 19.1 Å². The molecule has 0 spiro atoms. The smallest absolute Gasteiger partial charge is 0.136 e. The number of nitrogens with zero attached hydrogens (tertiary/aromatic N) is 3. The van der Waals surface area contributed by atoms with Crippen molar-refractivity contribution >= 4 is 17.3 Å². The second-order valence-corrected chi connectivity index (χ2v) is 6.24. The Morgan fingerprint density at radius 3 is 2.52 bits per heavy atom. The van der Waals surface area contributed by atoms with Crippen molar-refractivity contribution in [2.24, 2.45) is 0 Å². The lowest BCUT2D eigenvalue weighted by atomic mass is 10.1. The third-order valence-corrected chi connectivity index (χ3v) is 4.31. The summed E-state index contributed by atoms with van der Waals surface area (Å²) in [6.45, 7) is 9.60. The lowest BCUT2D eigenvalue weighted by Crippen LogP contribution is -2.39. The summed E-state index contributed by atoms with van der Waals surface area (Å²) in [4.78, 5) is 11.4. The predicted molar refractivity (Wildman–Crippen MR) is 102 cm³/mol. The lowest BCUT2D eigenvalue weighted by molar-refractivity contribution is 0.0398. The van der Waals surface area contributed by atoms with Crippen molar-refractivity contribution in [1.29, 1.82) is 0 Å². The molecular weight excluding hydrogens is 314 g/mol. The van der Waals surface area contributed by atoms with E-state index in [1.54, 1.807) is 0 Å². The Bertz CT molecular complexity index is 668. The number of hydrogen-bond acceptors (Lipinski definition) is 6. The lowest BCUT2D eigenvalue weighted by Gasteiger charge is -2.26. The minimum atomic E-state index is 0.754. The van der Waals surface area contributed by atoms with Gasteiger partial charge in [-0.3, -0.25) is 4.90 Å². The predicted octanol–water partition coefficient (Wildman–Crippen LogP) is 2.84. The van der Waals surface area contributed by atoms with Gasteiger partial charge >= 0.3 is 0 Å². The maximum Gasteiger partial charge on any atom is 0.136 e. The zero-order valence-electron chi connectivity index (χ0n) is 15.1. The van der Waals surface area contributed by atoms with Gasteiger partial charge in [0.2, 0.25) is 0 Å². The summed E-state index contributed by atoms with van der Waals surface area (Å²) in [6.07, 6.45) is 1.05. The van der Waals surface area contributed by atoms with Crippen LogP contribution < -0.4 is 10.6 Å². The highest BCUT2D eigenvalue weighted by atomic mass is 16.5. The standard InChI is InChI=1S/C19H27N5O/c1-3-16-4-6-17(7-5-16)23-19-14-18(21-15(2)22-19)20-8-9-24-10-12-25-13-11-24/h4-7,14H,3,8-13H2,1-2H3,(H2,20,21,22,23). The van der Waals surface area contributed by atoms with Gasteiger partial charge in [0, 0.05) is 37.9 Å². The summed E-state index contributed by atoms with van der Waals surface area (Å²) in [5.74, 6) is 2.42. The van der Waals surface area contributed by atoms with Gasteiger partial charge in [0.15, 0.2) is 0 Å². The molecule has 2 N–H and O–H groups in total. The molecule has 0 aliphatic carbocycles. The van der Waals surface area contributed by atoms with Crippen molar-refractivity contribution in [3.8, 4) is 0 Å². The van der Waals surface area contributed by atoms with E-state index in [4.69, 9.17) is 4.74 Å². The van der Waals surface area contributed by atoms with Crippen molar-refractivity contribution in [1.82, 2.24) is 14.9 Å². The highest BCUT2D eigenvalue weighted by Crippen LogP contribution is 2.18. The topological polar surface area (TPSA) is 62.3 Å². The Morgan fingerprint density at radius 1 is 1.08 bits per heavy atom. The minimum absolute atomic E-state index is 0.754. The second kappa shape index (κ2) is 8.78. The molecule has 1 aliphatic rings. The van der Waals surface area contributed by atoms with Crippen LogP contribution in [0, 0.1) is 6.92 Å². The molecule has 1 aromatic carbocycles. The van der Waals surface area contributed by atoms with Crippen LogP contribution in [0.1, 0.15) is 18.3 Å². The van der Waals surface area contributed by atoms with Crippen LogP contribution in [0.4, 0.5) is 17.3 Å². The molecule has 3 rings (SSSR count). The van der Waals surface area contributed by atoms with Crippen LogP contribution in [-0.2, 0) is 11.2 Å². The molecule has 1 fully saturated rings. The van der Waals surface area contributed by atoms with Crippen molar-refractivity contribution in [2.45, 2.75) is 20.3 Å². The molecule has 2 aromatic rings. The fraction of sp³-hybridized carbons (Fsp3) is 0.474. The van der Waals surface area contributed by atoms with Gasteiger partial charge < -0.3 is 15.4 Å². The first-order valence-electron chi connectivity index (χ1n) is 8.98. The quantitative estimate of drug-likeness (QED) is 0.807. The van der Waals surface area contributed by atoms with E-state index in [-0.39, 0.29) is 0 Å². The molecule has 0 radical (unpaired) electrons. The third kappa shape index (κ3) is 5.41. The molecule has 6 heteroatoms. The maximum atomic E-state index is 5.38. The van der Waals surface area contributed by atoms with Crippen LogP contribution in [0.2, 0.25) is 0 Å². The molecule has 0 unspecified atom stereocenters. The maximum absolute atomic E-state index is 5.38. The zero-order chi connectivity index (χ0) is 17.5. The van der Waals surface area contributed by atoms with Gasteiger partial charge in [0.05, 0.1) is 13.2 Å². The number of ether oxygens (including phenoxy) is 1. The van der Waals surface area contributed by atoms with E-state index in [9.17, 15) is 0 Å². The van der Waals surface area contributed by atoms with Crippen LogP contribution in [-0.4, -0.2) is 54.3 Å². The molecule has 0 amide bonds. The molecule has 0 saturated carbocycles. The molecule has 0 bridgehead atoms. The number of benzene rings is 1. The molecule has 0 atom stereocenters. The Hall–Kier alpha value is -2.18. The monoisotopic (exact) mass is 341 g/mol. The minimum Gasteiger partial charge on any atom is -0.379 e. The first kappa shape index (κ1) is 17.6. The first-order chi connectivity index (χ1) is 12.2. The van der Waals surface area contributed by atoms with Crippen LogP contribution >= 0.6 is 0 Å². The van der Waals surface area contributed by atoms with Gasteiger partial charge in [0.25, 0.3) is 0 Å². The number of nitrogens with one attached hydrogen (secondary N) is 2. The highest BCUT2D eigenvalue weighted by Gasteiger charge is 2.09. The van der Waals surface area contributed by atoms with Gasteiger partial charge in [-0.25, -0.2) is 9.97 Å². The summed E-state index contributed by atoms with van der Waals surface area (Å²) >= 11 is 0. The summed E-state index contributed by atoms with van der Waals surface area (Å²) in [5, 5.41) is 6.76. The van der Waals surface area contributed by atoms with E-state index in [2.05, 4.69) is 56.7 Å². The number of rotatable bonds is 7. The Kier molecular flexibility index (Phi) is 6.19. The van der Waals surface area contributed by atoms with Gasteiger partial charge in [-0.15, -0.1) is 0 Å². The van der Waals surface area contributed by atoms with E-state index in [1.807, 2.05) is 13.0 Å². The summed E-state index contributed by atoms with van der Waals surface area (Å²) < 4.78 is 5.38. The summed E-state index contributed by atoms with van der Waals surface area (Å²) in [6, 6.07) is 10.4. The molecule has 1 aliphatic heterocycles. The van der Waals surface area contributed by atoms with E-state index in [1.165, 1.54) is 5.56 Å². The summed E-state index contributed by atoms with van der Waals surface area (Å²) in [7, 11) is 0. The van der Waals surface area contributed by atoms with Gasteiger partial charge in [-0.05, 0) is 31.0 Å². The third-order valence-electron chi connectivity index (χ3n) is 4.31. The summed E-state index contributed by atoms with van der Waals surface area (Å²) in [5.41, 5.74) is 2.37. The van der Waals surface area contributed by atoms with Gasteiger partial charge in [-0.2, -0.15) is 0 Å². The van der Waals surface area contributed by atoms with E-state index in [0.29, 0.717) is 0 Å². The number of hydrogen-bond donors (Lipinski definition) is 2. The van der Waals surface area contributed by atoms with Crippen molar-refractivity contribution < 1.29 is 4.74 Å². The number of aryl methyl sites for hydroxylation is 2. The van der Waals surface area contributed by atoms with Gasteiger partial charge in [0.1, 0.15) is 17.5 Å². The molecule has 25 heavy (non-hydrogen) atoms. The largest absolute Gasteiger partial charge is 0.379 e. The van der Waals surface area contributed by atoms with Crippen LogP contribution in [0.25, 0.3) is 0 Å². The molecular formula is C19H27N5O. The van der Waals surface area contributed by atoms with E-state index < -0.39 is 0 Å². The molecule has 6 nitrogen and oxygen atoms in total. The SMILES string of the molecule is CCc1ccc(Nc2cc(NCCN3CCOCC3)nc(C)n2)cc1. The fourth-order valence-corrected chi connectivity index (χ4v) is 2.86. The van der Waals surface area contributed by atoms with Crippen molar-refractivity contribution in [3.63, 3.8) is 0 Å². The van der Waals surface area contributed by atoms with Crippen molar-refractivity contribution in [2.75, 3.05) is 50.0 Å². The van der Waals surface area contributed by atoms with Crippen LogP contribution in [0.15, 0.2) is 30.3 Å². The molecule has 1 aromatic heterocycles. The number of morpholine rings is 1. The first-order valence-corrected chi connectivity index (χ1v) is 8.98. The highest BCUT2D eigenvalue weighted by molar-refractivity contribution is 5.59. The Balaban J connectivity index is 1.57. The average Bonchev–Trinajstić information content (AvgIpc) is 2.63. The normalized spacial score (nSPS) is 15.1. The average molecular weight is 341 g/mol. The molecule has 1 saturated heterocycles. The van der Waals surface area contributed by atoms with Crippen molar-refractivity contribution in [3.05, 3.63) is 41.7 Å². The Morgan fingerprint density at radius 2 is 1.80 bits per heavy atom. The van der Waals surface area contributed by atoms with E-state index >= 15 is 0 Å². The Labute approximate surface area is 149 Å². The second-order valence-electron chi connectivity index (χ2n) is 6.24. The number of anilines is 3. The number of aromatic nitrogens is 2. The molecule has 2 heterocycles. The van der Waals surface area contributed by atoms with Crippen LogP contribution in [0.5, 0.6) is 0 Å².